The Bertz CT molecular complexity index is 1410. The summed E-state index contributed by atoms with van der Waals surface area (Å²) in [5, 5.41) is 10.4. The third-order valence-electron chi connectivity index (χ3n) is 5.35. The summed E-state index contributed by atoms with van der Waals surface area (Å²) in [7, 11) is -3.28. The van der Waals surface area contributed by atoms with Crippen LogP contribution in [0.4, 0.5) is 0 Å². The van der Waals surface area contributed by atoms with Gasteiger partial charge in [-0.1, -0.05) is 54.3 Å². The van der Waals surface area contributed by atoms with Crippen LogP contribution in [0, 0.1) is 6.92 Å². The number of thiocarbonyl (C=S) groups is 1. The molecule has 164 valence electrons. The van der Waals surface area contributed by atoms with Gasteiger partial charge in [0.05, 0.1) is 10.4 Å². The van der Waals surface area contributed by atoms with Gasteiger partial charge in [0, 0.05) is 38.4 Å². The van der Waals surface area contributed by atoms with Gasteiger partial charge in [-0.2, -0.15) is 0 Å². The minimum atomic E-state index is -3.28. The first-order valence-corrected chi connectivity index (χ1v) is 13.0. The Labute approximate surface area is 196 Å². The van der Waals surface area contributed by atoms with Crippen LogP contribution in [-0.2, 0) is 21.2 Å². The smallest absolute Gasteiger partial charge is 0.323 e. The number of fused-ring (bicyclic) bond motifs is 1. The average molecular weight is 484 g/mol. The molecule has 0 aliphatic heterocycles. The molecule has 1 heterocycles. The molecule has 32 heavy (non-hydrogen) atoms. The van der Waals surface area contributed by atoms with Crippen molar-refractivity contribution in [2.75, 3.05) is 6.26 Å². The molecule has 1 aromatic heterocycles. The SMILES string of the molecule is Cc1c(Sc2ccc(S(C)(=O)=O)cc2)c2c(C3=CC=CCC3=S)cccc2n1CC(=O)O. The first-order chi connectivity index (χ1) is 15.2. The number of carboxylic acids is 1. The summed E-state index contributed by atoms with van der Waals surface area (Å²) in [5.41, 5.74) is 3.61. The van der Waals surface area contributed by atoms with Crippen LogP contribution < -0.4 is 0 Å². The van der Waals surface area contributed by atoms with E-state index in [1.165, 1.54) is 18.0 Å². The van der Waals surface area contributed by atoms with Crippen molar-refractivity contribution in [3.8, 4) is 0 Å². The second kappa shape index (κ2) is 8.69. The van der Waals surface area contributed by atoms with E-state index >= 15 is 0 Å². The highest BCUT2D eigenvalue weighted by Gasteiger charge is 2.22. The Morgan fingerprint density at radius 3 is 2.53 bits per heavy atom. The maximum absolute atomic E-state index is 11.8. The summed E-state index contributed by atoms with van der Waals surface area (Å²) >= 11 is 7.11. The van der Waals surface area contributed by atoms with Gasteiger partial charge in [0.1, 0.15) is 6.54 Å². The maximum atomic E-state index is 11.8. The maximum Gasteiger partial charge on any atom is 0.323 e. The summed E-state index contributed by atoms with van der Waals surface area (Å²) in [5.74, 6) is -0.917. The van der Waals surface area contributed by atoms with Crippen LogP contribution in [0.15, 0.2) is 75.4 Å². The number of carbonyl (C=O) groups is 1. The molecule has 0 saturated carbocycles. The standard InChI is InChI=1S/C24H21NO4S3/c1-15-24(31-16-10-12-17(13-11-16)32(2,28)29)23-19(18-6-3-4-9-21(18)30)7-5-8-20(23)25(15)14-22(26)27/h3-8,10-13H,9,14H2,1-2H3,(H,26,27). The quantitative estimate of drug-likeness (QED) is 0.480. The number of nitrogens with zero attached hydrogens (tertiary/aromatic N) is 1. The number of benzene rings is 2. The van der Waals surface area contributed by atoms with E-state index in [1.54, 1.807) is 28.8 Å². The summed E-state index contributed by atoms with van der Waals surface area (Å²) in [6.07, 6.45) is 7.88. The molecule has 0 bridgehead atoms. The largest absolute Gasteiger partial charge is 0.480 e. The molecule has 4 rings (SSSR count). The van der Waals surface area contributed by atoms with Crippen LogP contribution in [0.1, 0.15) is 17.7 Å². The molecule has 2 aromatic carbocycles. The molecule has 0 radical (unpaired) electrons. The summed E-state index contributed by atoms with van der Waals surface area (Å²) in [6, 6.07) is 12.6. The van der Waals surface area contributed by atoms with Gasteiger partial charge >= 0.3 is 5.97 Å². The lowest BCUT2D eigenvalue weighted by molar-refractivity contribution is -0.137. The van der Waals surface area contributed by atoms with Crippen molar-refractivity contribution < 1.29 is 18.3 Å². The van der Waals surface area contributed by atoms with E-state index in [2.05, 4.69) is 0 Å². The van der Waals surface area contributed by atoms with Crippen molar-refractivity contribution in [3.63, 3.8) is 0 Å². The predicted molar refractivity (Wildman–Crippen MR) is 132 cm³/mol. The van der Waals surface area contributed by atoms with Crippen molar-refractivity contribution >= 4 is 61.1 Å². The number of rotatable bonds is 6. The second-order valence-electron chi connectivity index (χ2n) is 7.58. The Morgan fingerprint density at radius 2 is 1.91 bits per heavy atom. The highest BCUT2D eigenvalue weighted by molar-refractivity contribution is 7.99. The minimum absolute atomic E-state index is 0.150. The molecule has 0 saturated heterocycles. The number of carboxylic acid groups (broad SMARTS) is 1. The van der Waals surface area contributed by atoms with Crippen molar-refractivity contribution in [1.29, 1.82) is 0 Å². The van der Waals surface area contributed by atoms with Gasteiger partial charge in [-0.3, -0.25) is 4.79 Å². The van der Waals surface area contributed by atoms with Crippen LogP contribution in [0.5, 0.6) is 0 Å². The Kier molecular flexibility index (Phi) is 6.11. The zero-order valence-corrected chi connectivity index (χ0v) is 20.0. The molecule has 0 spiro atoms. The molecule has 0 amide bonds. The molecule has 1 aliphatic carbocycles. The van der Waals surface area contributed by atoms with Gasteiger partial charge in [-0.15, -0.1) is 0 Å². The van der Waals surface area contributed by atoms with Crippen LogP contribution >= 0.6 is 24.0 Å². The van der Waals surface area contributed by atoms with E-state index in [1.807, 2.05) is 43.4 Å². The Hall–Kier alpha value is -2.68. The molecule has 8 heteroatoms. The van der Waals surface area contributed by atoms with Crippen molar-refractivity contribution in [2.45, 2.75) is 34.6 Å². The van der Waals surface area contributed by atoms with Crippen molar-refractivity contribution in [2.24, 2.45) is 0 Å². The molecule has 0 unspecified atom stereocenters. The van der Waals surface area contributed by atoms with E-state index in [-0.39, 0.29) is 11.4 Å². The van der Waals surface area contributed by atoms with E-state index in [0.29, 0.717) is 6.42 Å². The van der Waals surface area contributed by atoms with E-state index in [4.69, 9.17) is 12.2 Å². The topological polar surface area (TPSA) is 76.4 Å². The summed E-state index contributed by atoms with van der Waals surface area (Å²) in [4.78, 5) is 14.5. The molecule has 3 aromatic rings. The lowest BCUT2D eigenvalue weighted by atomic mass is 9.94. The minimum Gasteiger partial charge on any atom is -0.480 e. The second-order valence-corrected chi connectivity index (χ2v) is 11.2. The fourth-order valence-electron chi connectivity index (χ4n) is 3.83. The van der Waals surface area contributed by atoms with Gasteiger partial charge in [-0.25, -0.2) is 8.42 Å². The monoisotopic (exact) mass is 483 g/mol. The number of aromatic nitrogens is 1. The number of hydrogen-bond donors (Lipinski definition) is 1. The average Bonchev–Trinajstić information content (AvgIpc) is 2.99. The normalized spacial score (nSPS) is 14.1. The Morgan fingerprint density at radius 1 is 1.19 bits per heavy atom. The van der Waals surface area contributed by atoms with Crippen LogP contribution in [0.3, 0.4) is 0 Å². The molecule has 1 N–H and O–H groups in total. The third-order valence-corrected chi connectivity index (χ3v) is 8.08. The molecule has 0 atom stereocenters. The van der Waals surface area contributed by atoms with Crippen LogP contribution in [-0.4, -0.2) is 35.2 Å². The molecular weight excluding hydrogens is 462 g/mol. The third kappa shape index (κ3) is 4.30. The van der Waals surface area contributed by atoms with E-state index in [0.717, 1.165) is 42.4 Å². The van der Waals surface area contributed by atoms with Crippen LogP contribution in [0.2, 0.25) is 0 Å². The van der Waals surface area contributed by atoms with Crippen molar-refractivity contribution in [1.82, 2.24) is 4.57 Å². The lowest BCUT2D eigenvalue weighted by Gasteiger charge is -2.13. The summed E-state index contributed by atoms with van der Waals surface area (Å²) in [6.45, 7) is 1.76. The highest BCUT2D eigenvalue weighted by Crippen LogP contribution is 2.42. The number of aliphatic carboxylic acids is 1. The zero-order valence-electron chi connectivity index (χ0n) is 17.5. The van der Waals surface area contributed by atoms with Gasteiger partial charge in [0.25, 0.3) is 0 Å². The number of allylic oxidation sites excluding steroid dienone is 4. The fourth-order valence-corrected chi connectivity index (χ4v) is 5.82. The molecule has 0 fully saturated rings. The van der Waals surface area contributed by atoms with Gasteiger partial charge in [0.2, 0.25) is 0 Å². The van der Waals surface area contributed by atoms with Gasteiger partial charge in [-0.05, 0) is 48.4 Å². The number of sulfone groups is 1. The fraction of sp³-hybridized carbons (Fsp3) is 0.167. The van der Waals surface area contributed by atoms with E-state index < -0.39 is 15.8 Å². The van der Waals surface area contributed by atoms with E-state index in [9.17, 15) is 18.3 Å². The summed E-state index contributed by atoms with van der Waals surface area (Å²) < 4.78 is 25.4. The predicted octanol–water partition coefficient (Wildman–Crippen LogP) is 5.30. The highest BCUT2D eigenvalue weighted by atomic mass is 32.2. The van der Waals surface area contributed by atoms with Crippen LogP contribution in [0.25, 0.3) is 16.5 Å². The first-order valence-electron chi connectivity index (χ1n) is 9.89. The molecular formula is C24H21NO4S3. The molecule has 5 nitrogen and oxygen atoms in total. The van der Waals surface area contributed by atoms with Crippen molar-refractivity contribution in [3.05, 3.63) is 72.0 Å². The van der Waals surface area contributed by atoms with Gasteiger partial charge < -0.3 is 9.67 Å². The zero-order chi connectivity index (χ0) is 23.0. The lowest BCUT2D eigenvalue weighted by Crippen LogP contribution is -2.10. The Balaban J connectivity index is 1.91. The first kappa shape index (κ1) is 22.5. The number of hydrogen-bond acceptors (Lipinski definition) is 5. The van der Waals surface area contributed by atoms with Gasteiger partial charge in [0.15, 0.2) is 9.84 Å². The molecule has 1 aliphatic rings.